The fourth-order valence-corrected chi connectivity index (χ4v) is 4.28. The summed E-state index contributed by atoms with van der Waals surface area (Å²) >= 11 is 0. The topological polar surface area (TPSA) is 74.5 Å². The van der Waals surface area contributed by atoms with Crippen molar-refractivity contribution in [3.05, 3.63) is 30.2 Å². The molecule has 0 bridgehead atoms. The maximum absolute atomic E-state index is 12.5. The third-order valence-corrected chi connectivity index (χ3v) is 5.86. The molecule has 1 unspecified atom stereocenters. The van der Waals surface area contributed by atoms with Gasteiger partial charge in [-0.3, -0.25) is 4.79 Å². The van der Waals surface area contributed by atoms with E-state index in [0.29, 0.717) is 11.7 Å². The van der Waals surface area contributed by atoms with E-state index in [-0.39, 0.29) is 18.3 Å². The number of carbonyl (C=O) groups excluding carboxylic acids is 1. The average molecular weight is 429 g/mol. The molecule has 6 heteroatoms. The van der Waals surface area contributed by atoms with E-state index in [1.54, 1.807) is 7.11 Å². The van der Waals surface area contributed by atoms with Gasteiger partial charge < -0.3 is 14.0 Å². The van der Waals surface area contributed by atoms with Gasteiger partial charge in [-0.2, -0.15) is 4.98 Å². The van der Waals surface area contributed by atoms with Crippen molar-refractivity contribution in [1.29, 1.82) is 0 Å². The molecule has 1 aliphatic rings. The molecule has 31 heavy (non-hydrogen) atoms. The standard InChI is InChI=1S/C25H36N2O4/c1-25(2,3)30-22(28)17-20(12-8-11-18-9-6-5-7-10-18)24-26-23(27-31-24)19-13-15-21(29-4)16-14-19/h13-16,18,20H,5-12,17H2,1-4H3. The minimum atomic E-state index is -0.507. The zero-order chi connectivity index (χ0) is 22.3. The summed E-state index contributed by atoms with van der Waals surface area (Å²) in [4.78, 5) is 17.2. The number of hydrogen-bond acceptors (Lipinski definition) is 6. The zero-order valence-corrected chi connectivity index (χ0v) is 19.4. The first kappa shape index (κ1) is 23.3. The molecule has 170 valence electrons. The van der Waals surface area contributed by atoms with Gasteiger partial charge in [-0.25, -0.2) is 0 Å². The number of rotatable bonds is 9. The summed E-state index contributed by atoms with van der Waals surface area (Å²) in [6.07, 6.45) is 10.1. The molecule has 6 nitrogen and oxygen atoms in total. The lowest BCUT2D eigenvalue weighted by atomic mass is 9.84. The van der Waals surface area contributed by atoms with E-state index in [1.165, 1.54) is 38.5 Å². The molecule has 1 fully saturated rings. The molecule has 1 heterocycles. The first-order valence-electron chi connectivity index (χ1n) is 11.5. The molecule has 1 saturated carbocycles. The van der Waals surface area contributed by atoms with Crippen molar-refractivity contribution in [3.63, 3.8) is 0 Å². The highest BCUT2D eigenvalue weighted by Gasteiger charge is 2.26. The first-order chi connectivity index (χ1) is 14.8. The predicted octanol–water partition coefficient (Wildman–Crippen LogP) is 6.31. The second-order valence-electron chi connectivity index (χ2n) is 9.61. The van der Waals surface area contributed by atoms with Crippen molar-refractivity contribution in [1.82, 2.24) is 10.1 Å². The number of methoxy groups -OCH3 is 1. The van der Waals surface area contributed by atoms with Gasteiger partial charge in [0.05, 0.1) is 13.5 Å². The van der Waals surface area contributed by atoms with Gasteiger partial charge in [0.25, 0.3) is 0 Å². The molecule has 0 spiro atoms. The second-order valence-corrected chi connectivity index (χ2v) is 9.61. The van der Waals surface area contributed by atoms with Crippen molar-refractivity contribution < 1.29 is 18.8 Å². The van der Waals surface area contributed by atoms with Gasteiger partial charge in [0.15, 0.2) is 0 Å². The largest absolute Gasteiger partial charge is 0.497 e. The molecule has 1 aromatic heterocycles. The van der Waals surface area contributed by atoms with Crippen molar-refractivity contribution in [3.8, 4) is 17.1 Å². The van der Waals surface area contributed by atoms with Crippen LogP contribution in [0.3, 0.4) is 0 Å². The van der Waals surface area contributed by atoms with Crippen LogP contribution in [0.1, 0.15) is 90.4 Å². The molecule has 1 aliphatic carbocycles. The van der Waals surface area contributed by atoms with E-state index >= 15 is 0 Å². The van der Waals surface area contributed by atoms with Crippen LogP contribution in [0.2, 0.25) is 0 Å². The lowest BCUT2D eigenvalue weighted by Gasteiger charge is -2.23. The van der Waals surface area contributed by atoms with Gasteiger partial charge >= 0.3 is 5.97 Å². The molecular weight excluding hydrogens is 392 g/mol. The van der Waals surface area contributed by atoms with Crippen LogP contribution in [0.15, 0.2) is 28.8 Å². The Labute approximate surface area is 185 Å². The highest BCUT2D eigenvalue weighted by Crippen LogP contribution is 2.32. The van der Waals surface area contributed by atoms with E-state index in [4.69, 9.17) is 14.0 Å². The molecular formula is C25H36N2O4. The van der Waals surface area contributed by atoms with Crippen LogP contribution in [0.25, 0.3) is 11.4 Å². The Morgan fingerprint density at radius 2 is 1.87 bits per heavy atom. The van der Waals surface area contributed by atoms with E-state index in [0.717, 1.165) is 30.1 Å². The van der Waals surface area contributed by atoms with Crippen LogP contribution in [0.4, 0.5) is 0 Å². The molecule has 1 atom stereocenters. The summed E-state index contributed by atoms with van der Waals surface area (Å²) in [5.41, 5.74) is 0.348. The Morgan fingerprint density at radius 1 is 1.16 bits per heavy atom. The minimum Gasteiger partial charge on any atom is -0.497 e. The van der Waals surface area contributed by atoms with Crippen LogP contribution in [0.5, 0.6) is 5.75 Å². The Morgan fingerprint density at radius 3 is 2.52 bits per heavy atom. The summed E-state index contributed by atoms with van der Waals surface area (Å²) in [5.74, 6) is 2.28. The molecule has 2 aromatic rings. The normalized spacial score (nSPS) is 16.1. The summed E-state index contributed by atoms with van der Waals surface area (Å²) in [7, 11) is 1.63. The number of carbonyl (C=O) groups is 1. The maximum atomic E-state index is 12.5. The Bertz CT molecular complexity index is 817. The van der Waals surface area contributed by atoms with Crippen molar-refractivity contribution in [2.75, 3.05) is 7.11 Å². The Hall–Kier alpha value is -2.37. The molecule has 0 radical (unpaired) electrons. The third kappa shape index (κ3) is 7.37. The van der Waals surface area contributed by atoms with Crippen LogP contribution in [-0.2, 0) is 9.53 Å². The lowest BCUT2D eigenvalue weighted by Crippen LogP contribution is -2.25. The quantitative estimate of drug-likeness (QED) is 0.436. The average Bonchev–Trinajstić information content (AvgIpc) is 3.23. The fourth-order valence-electron chi connectivity index (χ4n) is 4.28. The number of nitrogens with zero attached hydrogens (tertiary/aromatic N) is 2. The van der Waals surface area contributed by atoms with Crippen LogP contribution >= 0.6 is 0 Å². The minimum absolute atomic E-state index is 0.127. The third-order valence-electron chi connectivity index (χ3n) is 5.86. The van der Waals surface area contributed by atoms with Gasteiger partial charge in [0.2, 0.25) is 11.7 Å². The molecule has 0 aliphatic heterocycles. The first-order valence-corrected chi connectivity index (χ1v) is 11.5. The molecule has 0 N–H and O–H groups in total. The van der Waals surface area contributed by atoms with Gasteiger partial charge in [-0.1, -0.05) is 50.1 Å². The van der Waals surface area contributed by atoms with Crippen LogP contribution in [-0.4, -0.2) is 28.8 Å². The maximum Gasteiger partial charge on any atom is 0.307 e. The summed E-state index contributed by atoms with van der Waals surface area (Å²) < 4.78 is 16.4. The van der Waals surface area contributed by atoms with Gasteiger partial charge in [-0.15, -0.1) is 0 Å². The highest BCUT2D eigenvalue weighted by molar-refractivity contribution is 5.70. The zero-order valence-electron chi connectivity index (χ0n) is 19.4. The van der Waals surface area contributed by atoms with Gasteiger partial charge in [-0.05, 0) is 57.4 Å². The number of hydrogen-bond donors (Lipinski definition) is 0. The van der Waals surface area contributed by atoms with Crippen LogP contribution in [0, 0.1) is 5.92 Å². The number of ether oxygens (including phenoxy) is 2. The fraction of sp³-hybridized carbons (Fsp3) is 0.640. The molecule has 3 rings (SSSR count). The Balaban J connectivity index is 1.68. The van der Waals surface area contributed by atoms with Crippen molar-refractivity contribution in [2.45, 2.75) is 90.1 Å². The predicted molar refractivity (Wildman–Crippen MR) is 120 cm³/mol. The van der Waals surface area contributed by atoms with Gasteiger partial charge in [0, 0.05) is 11.5 Å². The van der Waals surface area contributed by atoms with E-state index < -0.39 is 5.60 Å². The Kier molecular flexibility index (Phi) is 8.10. The van der Waals surface area contributed by atoms with E-state index in [9.17, 15) is 4.79 Å². The summed E-state index contributed by atoms with van der Waals surface area (Å²) in [6.45, 7) is 5.66. The summed E-state index contributed by atoms with van der Waals surface area (Å²) in [5, 5.41) is 4.16. The smallest absolute Gasteiger partial charge is 0.307 e. The SMILES string of the molecule is COc1ccc(-c2noc(C(CCCC3CCCCC3)CC(=O)OC(C)(C)C)n2)cc1. The van der Waals surface area contributed by atoms with E-state index in [1.807, 2.05) is 45.0 Å². The number of aromatic nitrogens is 2. The molecule has 0 amide bonds. The monoisotopic (exact) mass is 428 g/mol. The van der Waals surface area contributed by atoms with Gasteiger partial charge in [0.1, 0.15) is 11.4 Å². The lowest BCUT2D eigenvalue weighted by molar-refractivity contribution is -0.155. The van der Waals surface area contributed by atoms with Crippen molar-refractivity contribution >= 4 is 5.97 Å². The number of benzene rings is 1. The van der Waals surface area contributed by atoms with E-state index in [2.05, 4.69) is 10.1 Å². The van der Waals surface area contributed by atoms with Crippen LogP contribution < -0.4 is 4.74 Å². The van der Waals surface area contributed by atoms with Crippen molar-refractivity contribution in [2.24, 2.45) is 5.92 Å². The number of esters is 1. The highest BCUT2D eigenvalue weighted by atomic mass is 16.6. The summed E-state index contributed by atoms with van der Waals surface area (Å²) in [6, 6.07) is 7.54. The molecule has 1 aromatic carbocycles. The second kappa shape index (κ2) is 10.8. The molecule has 0 saturated heterocycles.